The summed E-state index contributed by atoms with van der Waals surface area (Å²) in [6.45, 7) is 21.6. The van der Waals surface area contributed by atoms with Crippen LogP contribution >= 0.6 is 0 Å². The molecule has 1 aliphatic carbocycles. The Morgan fingerprint density at radius 2 is 1.01 bits per heavy atom. The van der Waals surface area contributed by atoms with Crippen LogP contribution in [0, 0.1) is 0 Å². The zero-order chi connectivity index (χ0) is 60.4. The molecule has 1 aliphatic rings. The molecule has 0 amide bonds. The summed E-state index contributed by atoms with van der Waals surface area (Å²) in [5.41, 5.74) is 25.6. The number of aryl methyl sites for hydroxylation is 1. The van der Waals surface area contributed by atoms with Crippen molar-refractivity contribution in [2.24, 2.45) is 0 Å². The van der Waals surface area contributed by atoms with Crippen molar-refractivity contribution in [2.45, 2.75) is 38.0 Å². The minimum absolute atomic E-state index is 0.520. The largest absolute Gasteiger partial charge is 0.310 e. The van der Waals surface area contributed by atoms with Gasteiger partial charge in [-0.2, -0.15) is 0 Å². The summed E-state index contributed by atoms with van der Waals surface area (Å²) in [5, 5.41) is 2.47. The van der Waals surface area contributed by atoms with E-state index in [1.807, 2.05) is 24.3 Å². The van der Waals surface area contributed by atoms with E-state index in [-0.39, 0.29) is 0 Å². The lowest BCUT2D eigenvalue weighted by atomic mass is 9.67. The number of benzene rings is 11. The summed E-state index contributed by atoms with van der Waals surface area (Å²) in [6.07, 6.45) is 17.5. The minimum Gasteiger partial charge on any atom is -0.310 e. The van der Waals surface area contributed by atoms with Crippen LogP contribution in [0.4, 0.5) is 17.1 Å². The molecule has 0 unspecified atom stereocenters. The Bertz CT molecular complexity index is 4510. The molecule has 0 radical (unpaired) electrons. The predicted octanol–water partition coefficient (Wildman–Crippen LogP) is 22.9. The summed E-state index contributed by atoms with van der Waals surface area (Å²) in [6, 6.07) is 98.2. The van der Waals surface area contributed by atoms with Gasteiger partial charge in [-0.25, -0.2) is 0 Å². The van der Waals surface area contributed by atoms with Crippen molar-refractivity contribution in [3.8, 4) is 39.1 Å². The third kappa shape index (κ3) is 11.7. The Morgan fingerprint density at radius 1 is 0.443 bits per heavy atom. The third-order valence-electron chi connectivity index (χ3n) is 17.1. The van der Waals surface area contributed by atoms with Crippen LogP contribution < -0.4 is 4.90 Å². The number of allylic oxidation sites excluding steroid dienone is 8. The van der Waals surface area contributed by atoms with Gasteiger partial charge in [0.1, 0.15) is 0 Å². The SMILES string of the molecule is C=CC(=C)/C=C\C(=C)C/C=C\Cc1cc(CC)cc(-n2c3ccccc3c3cc(-c4ccc(N(c5ccc(-c6ccccc6)cc5)c5ccc6c(c5)C(c5ccccc5)(c5ccccc5)c5ccccc5-6)cc4)ccc32)c1.C=CCc1ccc(C=C)cc1. The Hall–Kier alpha value is -10.8. The molecule has 13 rings (SSSR count). The van der Waals surface area contributed by atoms with E-state index < -0.39 is 5.41 Å². The maximum absolute atomic E-state index is 4.22. The van der Waals surface area contributed by atoms with Crippen molar-refractivity contribution < 1.29 is 0 Å². The van der Waals surface area contributed by atoms with Crippen molar-refractivity contribution in [3.63, 3.8) is 0 Å². The highest BCUT2D eigenvalue weighted by molar-refractivity contribution is 6.10. The van der Waals surface area contributed by atoms with Crippen molar-refractivity contribution in [1.82, 2.24) is 4.57 Å². The first-order valence-electron chi connectivity index (χ1n) is 30.5. The number of hydrogen-bond acceptors (Lipinski definition) is 1. The lowest BCUT2D eigenvalue weighted by molar-refractivity contribution is 0.768. The number of para-hydroxylation sites is 1. The topological polar surface area (TPSA) is 8.17 Å². The standard InChI is InChI=1S/C75H60N2.C11H12/c1-5-53(3)34-35-54(4)22-16-17-23-56-48-55(6-2)49-66(50-56)77-73-33-21-19-31-69(73)70-51-60(40-47-74(70)77)59-38-43-64(44-39-59)76(63-41-36-58(37-42-63)57-24-10-7-11-25-57)65-45-46-68-67-30-18-20-32-71(67)75(72(68)52-65,61-26-12-8-13-27-61)62-28-14-9-15-29-62;1-3-5-11-8-6-10(4-2)7-9-11/h5,7-21,24-52H,1,3-4,6,22-23H2,2H3;3-4,6-9H,1-2,5H2/b17-16-,35-34-;. The van der Waals surface area contributed by atoms with E-state index in [0.717, 1.165) is 65.0 Å². The lowest BCUT2D eigenvalue weighted by Crippen LogP contribution is -2.28. The van der Waals surface area contributed by atoms with Crippen molar-refractivity contribution in [3.05, 3.63) is 392 Å². The molecule has 1 aromatic heterocycles. The van der Waals surface area contributed by atoms with Gasteiger partial charge < -0.3 is 9.47 Å². The molecule has 0 aliphatic heterocycles. The number of rotatable bonds is 19. The van der Waals surface area contributed by atoms with Gasteiger partial charge in [0.25, 0.3) is 0 Å². The molecule has 0 saturated heterocycles. The highest BCUT2D eigenvalue weighted by atomic mass is 15.1. The summed E-state index contributed by atoms with van der Waals surface area (Å²) < 4.78 is 2.45. The average Bonchev–Trinajstić information content (AvgIpc) is 1.69. The van der Waals surface area contributed by atoms with Crippen molar-refractivity contribution in [2.75, 3.05) is 4.90 Å². The van der Waals surface area contributed by atoms with Crippen LogP contribution in [0.5, 0.6) is 0 Å². The quantitative estimate of drug-likeness (QED) is 0.0579. The van der Waals surface area contributed by atoms with E-state index in [1.54, 1.807) is 6.08 Å². The van der Waals surface area contributed by atoms with Crippen LogP contribution in [0.15, 0.2) is 347 Å². The average molecular weight is 1130 g/mol. The molecule has 2 nitrogen and oxygen atoms in total. The van der Waals surface area contributed by atoms with E-state index in [0.29, 0.717) is 0 Å². The molecule has 11 aromatic carbocycles. The van der Waals surface area contributed by atoms with Gasteiger partial charge in [-0.3, -0.25) is 0 Å². The Labute approximate surface area is 520 Å². The molecule has 0 atom stereocenters. The van der Waals surface area contributed by atoms with Crippen LogP contribution in [0.2, 0.25) is 0 Å². The summed E-state index contributed by atoms with van der Waals surface area (Å²) in [4.78, 5) is 2.42. The van der Waals surface area contributed by atoms with Crippen LogP contribution in [0.1, 0.15) is 57.9 Å². The van der Waals surface area contributed by atoms with Crippen LogP contribution in [-0.2, 0) is 24.7 Å². The van der Waals surface area contributed by atoms with Gasteiger partial charge in [0.15, 0.2) is 0 Å². The molecule has 12 aromatic rings. The summed E-state index contributed by atoms with van der Waals surface area (Å²) >= 11 is 0. The van der Waals surface area contributed by atoms with Gasteiger partial charge in [0.2, 0.25) is 0 Å². The lowest BCUT2D eigenvalue weighted by Gasteiger charge is -2.35. The molecule has 2 heteroatoms. The van der Waals surface area contributed by atoms with E-state index in [2.05, 4.69) is 328 Å². The van der Waals surface area contributed by atoms with Gasteiger partial charge in [-0.05, 0) is 176 Å². The Balaban J connectivity index is 0.000000620. The fraction of sp³-hybridized carbons (Fsp3) is 0.0698. The smallest absolute Gasteiger partial charge is 0.0714 e. The second-order valence-corrected chi connectivity index (χ2v) is 22.6. The van der Waals surface area contributed by atoms with Crippen LogP contribution in [-0.4, -0.2) is 4.57 Å². The maximum atomic E-state index is 4.22. The van der Waals surface area contributed by atoms with E-state index in [1.165, 1.54) is 94.3 Å². The minimum atomic E-state index is -0.520. The fourth-order valence-corrected chi connectivity index (χ4v) is 12.7. The zero-order valence-electron chi connectivity index (χ0n) is 50.2. The number of aromatic nitrogens is 1. The summed E-state index contributed by atoms with van der Waals surface area (Å²) in [5.74, 6) is 0. The second-order valence-electron chi connectivity index (χ2n) is 22.6. The molecule has 0 saturated carbocycles. The Kier molecular flexibility index (Phi) is 17.2. The van der Waals surface area contributed by atoms with Gasteiger partial charge in [-0.15, -0.1) is 6.58 Å². The zero-order valence-corrected chi connectivity index (χ0v) is 50.2. The molecule has 426 valence electrons. The predicted molar refractivity (Wildman–Crippen MR) is 379 cm³/mol. The van der Waals surface area contributed by atoms with E-state index in [4.69, 9.17) is 0 Å². The fourth-order valence-electron chi connectivity index (χ4n) is 12.7. The van der Waals surface area contributed by atoms with Crippen molar-refractivity contribution >= 4 is 44.9 Å². The summed E-state index contributed by atoms with van der Waals surface area (Å²) in [7, 11) is 0. The van der Waals surface area contributed by atoms with Crippen LogP contribution in [0.3, 0.4) is 0 Å². The maximum Gasteiger partial charge on any atom is 0.0714 e. The highest BCUT2D eigenvalue weighted by Crippen LogP contribution is 2.57. The monoisotopic (exact) mass is 1130 g/mol. The number of hydrogen-bond donors (Lipinski definition) is 0. The molecule has 88 heavy (non-hydrogen) atoms. The van der Waals surface area contributed by atoms with Crippen LogP contribution in [0.25, 0.3) is 66.9 Å². The van der Waals surface area contributed by atoms with E-state index in [9.17, 15) is 0 Å². The molecular formula is C86H72N2. The first-order chi connectivity index (χ1) is 43.3. The molecule has 0 spiro atoms. The first-order valence-corrected chi connectivity index (χ1v) is 30.5. The van der Waals surface area contributed by atoms with Gasteiger partial charge in [-0.1, -0.05) is 282 Å². The first kappa shape index (κ1) is 57.6. The molecule has 0 fully saturated rings. The second kappa shape index (κ2) is 26.2. The number of fused-ring (bicyclic) bond motifs is 6. The third-order valence-corrected chi connectivity index (χ3v) is 17.1. The molecule has 0 N–H and O–H groups in total. The molecule has 0 bridgehead atoms. The Morgan fingerprint density at radius 3 is 1.67 bits per heavy atom. The van der Waals surface area contributed by atoms with Gasteiger partial charge in [0.05, 0.1) is 16.4 Å². The highest BCUT2D eigenvalue weighted by Gasteiger charge is 2.46. The number of nitrogens with zero attached hydrogens (tertiary/aromatic N) is 2. The van der Waals surface area contributed by atoms with Gasteiger partial charge >= 0.3 is 0 Å². The molecule has 1 heterocycles. The van der Waals surface area contributed by atoms with E-state index >= 15 is 0 Å². The normalized spacial score (nSPS) is 12.1. The number of anilines is 3. The molecular weight excluding hydrogens is 1060 g/mol. The van der Waals surface area contributed by atoms with Gasteiger partial charge in [0, 0.05) is 33.5 Å². The van der Waals surface area contributed by atoms with Crippen molar-refractivity contribution in [1.29, 1.82) is 0 Å².